The van der Waals surface area contributed by atoms with E-state index in [9.17, 15) is 14.3 Å². The second-order valence-corrected chi connectivity index (χ2v) is 7.91. The third-order valence-corrected chi connectivity index (χ3v) is 5.93. The summed E-state index contributed by atoms with van der Waals surface area (Å²) in [5.41, 5.74) is 5.39. The Morgan fingerprint density at radius 1 is 1.68 bits per heavy atom. The fourth-order valence-electron chi connectivity index (χ4n) is 1.75. The molecule has 0 spiro atoms. The van der Waals surface area contributed by atoms with E-state index in [1.54, 1.807) is 0 Å². The van der Waals surface area contributed by atoms with Crippen molar-refractivity contribution in [1.82, 2.24) is 19.7 Å². The SMILES string of the molecule is Nc1nc2c(ncn2OCC2COP(=O)(O)CS2)c(=O)[nH]1.[Na+]. The molecule has 3 rings (SSSR count). The van der Waals surface area contributed by atoms with Gasteiger partial charge in [0.15, 0.2) is 5.52 Å². The summed E-state index contributed by atoms with van der Waals surface area (Å²) < 4.78 is 17.4. The summed E-state index contributed by atoms with van der Waals surface area (Å²) in [4.78, 5) is 36.5. The first-order chi connectivity index (χ1) is 9.94. The van der Waals surface area contributed by atoms with Crippen molar-refractivity contribution in [2.75, 3.05) is 24.4 Å². The molecule has 13 heteroatoms. The fraction of sp³-hybridized carbons (Fsp3) is 0.444. The van der Waals surface area contributed by atoms with Crippen molar-refractivity contribution < 1.29 is 48.4 Å². The Bertz CT molecular complexity index is 769. The number of nitrogens with zero attached hydrogens (tertiary/aromatic N) is 3. The Balaban J connectivity index is 0.00000176. The van der Waals surface area contributed by atoms with Crippen molar-refractivity contribution in [1.29, 1.82) is 0 Å². The van der Waals surface area contributed by atoms with Gasteiger partial charge in [-0.2, -0.15) is 9.71 Å². The van der Waals surface area contributed by atoms with E-state index in [4.69, 9.17) is 15.1 Å². The molecule has 0 radical (unpaired) electrons. The number of aromatic amines is 1. The number of nitrogens with one attached hydrogen (secondary N) is 1. The van der Waals surface area contributed by atoms with Crippen LogP contribution in [0, 0.1) is 0 Å². The molecule has 2 aromatic rings. The van der Waals surface area contributed by atoms with Crippen molar-refractivity contribution in [2.24, 2.45) is 0 Å². The minimum atomic E-state index is -3.45. The third-order valence-electron chi connectivity index (χ3n) is 2.73. The number of hydrogen-bond donors (Lipinski definition) is 3. The van der Waals surface area contributed by atoms with Gasteiger partial charge in [0, 0.05) is 0 Å². The Kier molecular flexibility index (Phi) is 5.59. The van der Waals surface area contributed by atoms with Crippen LogP contribution >= 0.6 is 19.4 Å². The summed E-state index contributed by atoms with van der Waals surface area (Å²) in [7, 11) is -3.45. The Morgan fingerprint density at radius 3 is 3.14 bits per heavy atom. The first kappa shape index (κ1) is 17.8. The predicted octanol–water partition coefficient (Wildman–Crippen LogP) is -3.59. The van der Waals surface area contributed by atoms with Crippen LogP contribution in [0.4, 0.5) is 5.95 Å². The summed E-state index contributed by atoms with van der Waals surface area (Å²) in [5, 5.41) is -0.101. The van der Waals surface area contributed by atoms with E-state index in [2.05, 4.69) is 15.0 Å². The molecule has 2 unspecified atom stereocenters. The fourth-order valence-corrected chi connectivity index (χ4v) is 4.48. The van der Waals surface area contributed by atoms with Gasteiger partial charge in [-0.1, -0.05) is 0 Å². The monoisotopic (exact) mass is 356 g/mol. The van der Waals surface area contributed by atoms with Crippen molar-refractivity contribution in [3.63, 3.8) is 0 Å². The summed E-state index contributed by atoms with van der Waals surface area (Å²) in [5.74, 6) is -0.0329. The maximum atomic E-state index is 11.6. The molecule has 2 atom stereocenters. The smallest absolute Gasteiger partial charge is 0.410 e. The second-order valence-electron chi connectivity index (χ2n) is 4.34. The molecule has 4 N–H and O–H groups in total. The molecule has 0 saturated carbocycles. The summed E-state index contributed by atoms with van der Waals surface area (Å²) in [6.45, 7) is 0.325. The molecule has 0 aromatic carbocycles. The minimum absolute atomic E-state index is 0. The van der Waals surface area contributed by atoms with Crippen molar-refractivity contribution >= 4 is 36.5 Å². The molecule has 1 aliphatic heterocycles. The molecule has 22 heavy (non-hydrogen) atoms. The molecule has 10 nitrogen and oxygen atoms in total. The maximum Gasteiger partial charge on any atom is 1.00 e. The number of nitrogen functional groups attached to an aromatic ring is 1. The van der Waals surface area contributed by atoms with Crippen LogP contribution in [-0.4, -0.2) is 48.5 Å². The van der Waals surface area contributed by atoms with Crippen molar-refractivity contribution in [3.05, 3.63) is 16.7 Å². The number of hydrogen-bond acceptors (Lipinski definition) is 8. The van der Waals surface area contributed by atoms with E-state index in [1.807, 2.05) is 0 Å². The molecule has 1 fully saturated rings. The molecule has 114 valence electrons. The quantitative estimate of drug-likeness (QED) is 0.375. The van der Waals surface area contributed by atoms with Gasteiger partial charge in [-0.15, -0.1) is 11.8 Å². The first-order valence-electron chi connectivity index (χ1n) is 5.89. The number of imidazole rings is 1. The largest absolute Gasteiger partial charge is 1.00 e. The van der Waals surface area contributed by atoms with Gasteiger partial charge < -0.3 is 20.0 Å². The zero-order valence-corrected chi connectivity index (χ0v) is 15.3. The average Bonchev–Trinajstić information content (AvgIpc) is 2.81. The normalized spacial score (nSPS) is 24.9. The van der Waals surface area contributed by atoms with E-state index >= 15 is 0 Å². The molecule has 0 amide bonds. The zero-order chi connectivity index (χ0) is 15.0. The number of rotatable bonds is 3. The van der Waals surface area contributed by atoms with Gasteiger partial charge >= 0.3 is 37.2 Å². The number of anilines is 1. The standard InChI is InChI=1S/C9H12N5O5PS.Na/c10-9-12-7-6(8(15)13-9)11-3-14(7)18-1-5-2-19-20(16,17)4-21-5;/h3,5H,1-2,4H2,(H,16,17)(H3,10,12,13,15);/q;+1. The number of thioether (sulfide) groups is 1. The topological polar surface area (TPSA) is 145 Å². The van der Waals surface area contributed by atoms with Gasteiger partial charge in [0.1, 0.15) is 12.9 Å². The molecule has 2 aromatic heterocycles. The first-order valence-corrected chi connectivity index (χ1v) is 8.70. The van der Waals surface area contributed by atoms with Crippen LogP contribution in [0.1, 0.15) is 0 Å². The Labute approximate surface area is 150 Å². The van der Waals surface area contributed by atoms with E-state index in [0.29, 0.717) is 0 Å². The molecular formula is C9H12N5NaO5PS+. The molecule has 1 aliphatic rings. The van der Waals surface area contributed by atoms with E-state index < -0.39 is 13.2 Å². The van der Waals surface area contributed by atoms with Gasteiger partial charge in [-0.3, -0.25) is 14.3 Å². The number of nitrogens with two attached hydrogens (primary N) is 1. The summed E-state index contributed by atoms with van der Waals surface area (Å²) in [6, 6.07) is 0. The molecule has 0 aliphatic carbocycles. The van der Waals surface area contributed by atoms with Gasteiger partial charge in [-0.25, -0.2) is 4.98 Å². The van der Waals surface area contributed by atoms with Crippen molar-refractivity contribution in [3.8, 4) is 0 Å². The Hall–Kier alpha value is -0.550. The minimum Gasteiger partial charge on any atom is -0.410 e. The van der Waals surface area contributed by atoms with Crippen molar-refractivity contribution in [2.45, 2.75) is 5.25 Å². The van der Waals surface area contributed by atoms with Gasteiger partial charge in [-0.05, 0) is 0 Å². The molecule has 0 bridgehead atoms. The van der Waals surface area contributed by atoms with Crippen LogP contribution in [-0.2, 0) is 9.09 Å². The molecule has 1 saturated heterocycles. The molecule has 3 heterocycles. The molecular weight excluding hydrogens is 344 g/mol. The van der Waals surface area contributed by atoms with E-state index in [1.165, 1.54) is 22.8 Å². The maximum absolute atomic E-state index is 11.6. The summed E-state index contributed by atoms with van der Waals surface area (Å²) in [6.07, 6.45) is 1.32. The number of H-pyrrole nitrogens is 1. The zero-order valence-electron chi connectivity index (χ0n) is 11.6. The van der Waals surface area contributed by atoms with Crippen LogP contribution in [0.25, 0.3) is 11.2 Å². The average molecular weight is 356 g/mol. The Morgan fingerprint density at radius 2 is 2.45 bits per heavy atom. The van der Waals surface area contributed by atoms with Gasteiger partial charge in [0.25, 0.3) is 5.56 Å². The van der Waals surface area contributed by atoms with E-state index in [0.717, 1.165) is 0 Å². The van der Waals surface area contributed by atoms with Gasteiger partial charge in [0.05, 0.1) is 17.4 Å². The van der Waals surface area contributed by atoms with Gasteiger partial charge in [0.2, 0.25) is 11.6 Å². The van der Waals surface area contributed by atoms with Crippen LogP contribution in [0.5, 0.6) is 0 Å². The second kappa shape index (κ2) is 6.91. The van der Waals surface area contributed by atoms with Crippen LogP contribution in [0.2, 0.25) is 0 Å². The predicted molar refractivity (Wildman–Crippen MR) is 76.0 cm³/mol. The van der Waals surface area contributed by atoms with E-state index in [-0.39, 0.29) is 70.6 Å². The van der Waals surface area contributed by atoms with Crippen LogP contribution in [0.15, 0.2) is 11.1 Å². The third kappa shape index (κ3) is 3.85. The number of aromatic nitrogens is 4. The van der Waals surface area contributed by atoms with Crippen LogP contribution < -0.4 is 45.7 Å². The van der Waals surface area contributed by atoms with Crippen LogP contribution in [0.3, 0.4) is 0 Å². The summed E-state index contributed by atoms with van der Waals surface area (Å²) >= 11 is 1.29. The number of fused-ring (bicyclic) bond motifs is 1.